The molecule has 1 saturated heterocycles. The number of carbonyl (C=O) groups excluding carboxylic acids is 1. The molecule has 122 valence electrons. The molecule has 0 unspecified atom stereocenters. The van der Waals surface area contributed by atoms with Crippen LogP contribution in [0.25, 0.3) is 0 Å². The third-order valence-electron chi connectivity index (χ3n) is 4.80. The summed E-state index contributed by atoms with van der Waals surface area (Å²) in [6, 6.07) is 9.62. The van der Waals surface area contributed by atoms with Gasteiger partial charge in [-0.2, -0.15) is 0 Å². The zero-order valence-electron chi connectivity index (χ0n) is 13.6. The molecule has 1 aliphatic heterocycles. The van der Waals surface area contributed by atoms with Gasteiger partial charge in [-0.25, -0.2) is 4.98 Å². The van der Waals surface area contributed by atoms with Crippen molar-refractivity contribution in [3.63, 3.8) is 0 Å². The summed E-state index contributed by atoms with van der Waals surface area (Å²) in [5, 5.41) is 0. The van der Waals surface area contributed by atoms with E-state index in [4.69, 9.17) is 0 Å². The van der Waals surface area contributed by atoms with Crippen LogP contribution >= 0.6 is 0 Å². The Balaban J connectivity index is 1.35. The predicted molar refractivity (Wildman–Crippen MR) is 91.5 cm³/mol. The van der Waals surface area contributed by atoms with Crippen molar-refractivity contribution in [1.29, 1.82) is 0 Å². The molecule has 1 aromatic heterocycles. The van der Waals surface area contributed by atoms with Crippen molar-refractivity contribution >= 4 is 5.78 Å². The number of hydrogen-bond donors (Lipinski definition) is 1. The predicted octanol–water partition coefficient (Wildman–Crippen LogP) is 3.33. The molecule has 1 aliphatic rings. The topological polar surface area (TPSA) is 49.0 Å². The lowest BCUT2D eigenvalue weighted by atomic mass is 9.92. The van der Waals surface area contributed by atoms with E-state index in [1.807, 2.05) is 42.7 Å². The van der Waals surface area contributed by atoms with Crippen LogP contribution in [0.3, 0.4) is 0 Å². The Morgan fingerprint density at radius 1 is 1.22 bits per heavy atom. The van der Waals surface area contributed by atoms with E-state index in [9.17, 15) is 4.79 Å². The highest BCUT2D eigenvalue weighted by Gasteiger charge is 2.19. The number of H-pyrrole nitrogens is 1. The molecule has 0 spiro atoms. The van der Waals surface area contributed by atoms with Crippen LogP contribution in [0.5, 0.6) is 0 Å². The van der Waals surface area contributed by atoms with Gasteiger partial charge in [0.1, 0.15) is 5.82 Å². The van der Waals surface area contributed by atoms with Crippen LogP contribution in [-0.2, 0) is 6.42 Å². The molecule has 3 rings (SSSR count). The largest absolute Gasteiger partial charge is 0.349 e. The van der Waals surface area contributed by atoms with Crippen LogP contribution in [0.15, 0.2) is 42.7 Å². The molecule has 0 atom stereocenters. The lowest BCUT2D eigenvalue weighted by Crippen LogP contribution is -2.35. The minimum Gasteiger partial charge on any atom is -0.349 e. The zero-order valence-corrected chi connectivity index (χ0v) is 13.6. The highest BCUT2D eigenvalue weighted by Crippen LogP contribution is 2.22. The van der Waals surface area contributed by atoms with Crippen LogP contribution in [0, 0.1) is 5.92 Å². The minimum absolute atomic E-state index is 0.255. The van der Waals surface area contributed by atoms with Crippen LogP contribution in [-0.4, -0.2) is 40.3 Å². The molecule has 4 nitrogen and oxygen atoms in total. The molecule has 0 amide bonds. The monoisotopic (exact) mass is 311 g/mol. The Bertz CT molecular complexity index is 586. The molecule has 2 heterocycles. The maximum absolute atomic E-state index is 12.1. The standard InChI is InChI=1S/C19H25N3O/c23-18(17-4-2-1-3-5-17)10-15-22-13-8-16(9-14-22)6-7-19-20-11-12-21-19/h1-5,11-12,16H,6-10,13-15H2,(H,20,21). The van der Waals surface area contributed by atoms with E-state index in [1.165, 1.54) is 19.3 Å². The van der Waals surface area contributed by atoms with Crippen molar-refractivity contribution < 1.29 is 4.79 Å². The van der Waals surface area contributed by atoms with Crippen molar-refractivity contribution in [3.8, 4) is 0 Å². The zero-order chi connectivity index (χ0) is 15.9. The average Bonchev–Trinajstić information content (AvgIpc) is 3.13. The fourth-order valence-electron chi connectivity index (χ4n) is 3.30. The summed E-state index contributed by atoms with van der Waals surface area (Å²) in [7, 11) is 0. The molecule has 0 aliphatic carbocycles. The SMILES string of the molecule is O=C(CCN1CCC(CCc2ncc[nH]2)CC1)c1ccccc1. The van der Waals surface area contributed by atoms with Gasteiger partial charge in [-0.3, -0.25) is 4.79 Å². The second-order valence-electron chi connectivity index (χ2n) is 6.40. The number of benzene rings is 1. The van der Waals surface area contributed by atoms with Gasteiger partial charge in [0.05, 0.1) is 0 Å². The number of nitrogens with zero attached hydrogens (tertiary/aromatic N) is 2. The van der Waals surface area contributed by atoms with Crippen molar-refractivity contribution in [2.75, 3.05) is 19.6 Å². The first-order valence-electron chi connectivity index (χ1n) is 8.60. The highest BCUT2D eigenvalue weighted by molar-refractivity contribution is 5.96. The van der Waals surface area contributed by atoms with Gasteiger partial charge in [0.25, 0.3) is 0 Å². The fraction of sp³-hybridized carbons (Fsp3) is 0.474. The number of imidazole rings is 1. The number of hydrogen-bond acceptors (Lipinski definition) is 3. The number of aromatic amines is 1. The number of piperidine rings is 1. The Hall–Kier alpha value is -1.94. The summed E-state index contributed by atoms with van der Waals surface area (Å²) >= 11 is 0. The Morgan fingerprint density at radius 3 is 2.70 bits per heavy atom. The first-order chi connectivity index (χ1) is 11.3. The van der Waals surface area contributed by atoms with E-state index < -0.39 is 0 Å². The Labute approximate surface area is 137 Å². The number of aryl methyl sites for hydroxylation is 1. The van der Waals surface area contributed by atoms with Gasteiger partial charge in [-0.1, -0.05) is 30.3 Å². The third kappa shape index (κ3) is 4.76. The average molecular weight is 311 g/mol. The molecule has 23 heavy (non-hydrogen) atoms. The first-order valence-corrected chi connectivity index (χ1v) is 8.60. The summed E-state index contributed by atoms with van der Waals surface area (Å²) in [4.78, 5) is 22.0. The molecule has 1 N–H and O–H groups in total. The maximum atomic E-state index is 12.1. The van der Waals surface area contributed by atoms with Gasteiger partial charge < -0.3 is 9.88 Å². The van der Waals surface area contributed by atoms with Gasteiger partial charge in [0, 0.05) is 37.3 Å². The minimum atomic E-state index is 0.255. The lowest BCUT2D eigenvalue weighted by Gasteiger charge is -2.31. The van der Waals surface area contributed by atoms with Crippen molar-refractivity contribution in [1.82, 2.24) is 14.9 Å². The van der Waals surface area contributed by atoms with Crippen molar-refractivity contribution in [2.24, 2.45) is 5.92 Å². The van der Waals surface area contributed by atoms with E-state index in [0.29, 0.717) is 6.42 Å². The second kappa shape index (κ2) is 8.06. The number of rotatable bonds is 7. The van der Waals surface area contributed by atoms with Crippen molar-refractivity contribution in [2.45, 2.75) is 32.1 Å². The van der Waals surface area contributed by atoms with Crippen LogP contribution in [0.1, 0.15) is 41.9 Å². The molecule has 0 saturated carbocycles. The van der Waals surface area contributed by atoms with Crippen molar-refractivity contribution in [3.05, 3.63) is 54.1 Å². The number of nitrogens with one attached hydrogen (secondary N) is 1. The normalized spacial score (nSPS) is 16.5. The molecular formula is C19H25N3O. The molecular weight excluding hydrogens is 286 g/mol. The number of likely N-dealkylation sites (tertiary alicyclic amines) is 1. The lowest BCUT2D eigenvalue weighted by molar-refractivity contribution is 0.0950. The van der Waals surface area contributed by atoms with Gasteiger partial charge in [0.15, 0.2) is 5.78 Å². The van der Waals surface area contributed by atoms with E-state index in [2.05, 4.69) is 14.9 Å². The van der Waals surface area contributed by atoms with Gasteiger partial charge in [0.2, 0.25) is 0 Å². The van der Waals surface area contributed by atoms with Gasteiger partial charge in [-0.15, -0.1) is 0 Å². The summed E-state index contributed by atoms with van der Waals surface area (Å²) in [6.45, 7) is 3.12. The molecule has 4 heteroatoms. The number of ketones is 1. The van der Waals surface area contributed by atoms with E-state index >= 15 is 0 Å². The van der Waals surface area contributed by atoms with Gasteiger partial charge >= 0.3 is 0 Å². The quantitative estimate of drug-likeness (QED) is 0.798. The number of carbonyl (C=O) groups is 1. The van der Waals surface area contributed by atoms with E-state index in [1.54, 1.807) is 0 Å². The fourth-order valence-corrected chi connectivity index (χ4v) is 3.30. The van der Waals surface area contributed by atoms with Crippen LogP contribution in [0.2, 0.25) is 0 Å². The summed E-state index contributed by atoms with van der Waals surface area (Å²) in [5.41, 5.74) is 0.834. The van der Waals surface area contributed by atoms with Crippen LogP contribution in [0.4, 0.5) is 0 Å². The number of Topliss-reactive ketones (excluding diaryl/α,β-unsaturated/α-hetero) is 1. The highest BCUT2D eigenvalue weighted by atomic mass is 16.1. The number of aromatic nitrogens is 2. The maximum Gasteiger partial charge on any atom is 0.164 e. The smallest absolute Gasteiger partial charge is 0.164 e. The van der Waals surface area contributed by atoms with E-state index in [0.717, 1.165) is 43.4 Å². The molecule has 1 aromatic carbocycles. The molecule has 0 radical (unpaired) electrons. The Morgan fingerprint density at radius 2 is 2.00 bits per heavy atom. The molecule has 0 bridgehead atoms. The Kier molecular flexibility index (Phi) is 5.59. The second-order valence-corrected chi connectivity index (χ2v) is 6.40. The van der Waals surface area contributed by atoms with Gasteiger partial charge in [-0.05, 0) is 38.3 Å². The first kappa shape index (κ1) is 15.9. The summed E-state index contributed by atoms with van der Waals surface area (Å²) in [6.07, 6.45) is 9.07. The molecule has 1 fully saturated rings. The molecule has 2 aromatic rings. The summed E-state index contributed by atoms with van der Waals surface area (Å²) < 4.78 is 0. The van der Waals surface area contributed by atoms with E-state index in [-0.39, 0.29) is 5.78 Å². The summed E-state index contributed by atoms with van der Waals surface area (Å²) in [5.74, 6) is 2.15. The third-order valence-corrected chi connectivity index (χ3v) is 4.80. The van der Waals surface area contributed by atoms with Crippen LogP contribution < -0.4 is 0 Å².